The van der Waals surface area contributed by atoms with Gasteiger partial charge in [0.15, 0.2) is 0 Å². The minimum atomic E-state index is 1.06. The molecule has 64 valence electrons. The van der Waals surface area contributed by atoms with E-state index in [1.165, 1.54) is 11.1 Å². The average molecular weight is 161 g/mol. The Morgan fingerprint density at radius 2 is 2.33 bits per heavy atom. The Balaban J connectivity index is 2.99. The lowest BCUT2D eigenvalue weighted by molar-refractivity contribution is 1.23. The largest absolute Gasteiger partial charge is 0.361 e. The number of H-pyrrole nitrogens is 1. The number of hydrogen-bond donors (Lipinski definition) is 1. The standard InChI is InChI=1S/C11H15N/c1-4-6-7-11-10(5-2)9(3)8-12-11/h5-8,12H,2,4H2,1,3H3/b7-6-. The van der Waals surface area contributed by atoms with Crippen LogP contribution in [0.15, 0.2) is 18.9 Å². The van der Waals surface area contributed by atoms with Gasteiger partial charge in [-0.15, -0.1) is 0 Å². The van der Waals surface area contributed by atoms with Gasteiger partial charge in [-0.1, -0.05) is 25.7 Å². The van der Waals surface area contributed by atoms with Gasteiger partial charge in [0.25, 0.3) is 0 Å². The number of aromatic amines is 1. The first-order valence-electron chi connectivity index (χ1n) is 4.26. The lowest BCUT2D eigenvalue weighted by Gasteiger charge is -1.92. The Bertz CT molecular complexity index is 292. The average Bonchev–Trinajstić information content (AvgIpc) is 2.43. The second kappa shape index (κ2) is 3.96. The highest BCUT2D eigenvalue weighted by molar-refractivity contribution is 5.64. The molecule has 1 aromatic rings. The van der Waals surface area contributed by atoms with Crippen LogP contribution in [0.4, 0.5) is 0 Å². The second-order valence-corrected chi connectivity index (χ2v) is 2.81. The topological polar surface area (TPSA) is 15.8 Å². The lowest BCUT2D eigenvalue weighted by Crippen LogP contribution is -1.76. The smallest absolute Gasteiger partial charge is 0.0453 e. The van der Waals surface area contributed by atoms with Crippen LogP contribution in [0.5, 0.6) is 0 Å². The monoisotopic (exact) mass is 161 g/mol. The molecule has 1 aromatic heterocycles. The molecule has 0 aliphatic rings. The van der Waals surface area contributed by atoms with Crippen LogP contribution in [0, 0.1) is 6.92 Å². The van der Waals surface area contributed by atoms with Crippen LogP contribution in [-0.2, 0) is 0 Å². The van der Waals surface area contributed by atoms with Gasteiger partial charge in [-0.2, -0.15) is 0 Å². The maximum absolute atomic E-state index is 3.78. The summed E-state index contributed by atoms with van der Waals surface area (Å²) in [7, 11) is 0. The number of allylic oxidation sites excluding steroid dienone is 1. The molecular formula is C11H15N. The fourth-order valence-electron chi connectivity index (χ4n) is 1.20. The van der Waals surface area contributed by atoms with Crippen LogP contribution >= 0.6 is 0 Å². The number of hydrogen-bond acceptors (Lipinski definition) is 0. The summed E-state index contributed by atoms with van der Waals surface area (Å²) in [6.07, 6.45) is 9.20. The number of aromatic nitrogens is 1. The van der Waals surface area contributed by atoms with E-state index >= 15 is 0 Å². The summed E-state index contributed by atoms with van der Waals surface area (Å²) in [5.41, 5.74) is 3.62. The van der Waals surface area contributed by atoms with Crippen molar-refractivity contribution in [3.8, 4) is 0 Å². The summed E-state index contributed by atoms with van der Waals surface area (Å²) in [5, 5.41) is 0. The second-order valence-electron chi connectivity index (χ2n) is 2.81. The van der Waals surface area contributed by atoms with Gasteiger partial charge in [-0.25, -0.2) is 0 Å². The van der Waals surface area contributed by atoms with Gasteiger partial charge in [0.1, 0.15) is 0 Å². The van der Waals surface area contributed by atoms with Gasteiger partial charge >= 0.3 is 0 Å². The molecule has 1 heterocycles. The number of rotatable bonds is 3. The van der Waals surface area contributed by atoms with Crippen LogP contribution in [-0.4, -0.2) is 4.98 Å². The van der Waals surface area contributed by atoms with E-state index in [1.807, 2.05) is 12.3 Å². The summed E-state index contributed by atoms with van der Waals surface area (Å²) in [6, 6.07) is 0. The molecule has 1 nitrogen and oxygen atoms in total. The van der Waals surface area contributed by atoms with E-state index < -0.39 is 0 Å². The van der Waals surface area contributed by atoms with Gasteiger partial charge in [-0.3, -0.25) is 0 Å². The molecule has 1 N–H and O–H groups in total. The molecule has 0 aliphatic carbocycles. The fraction of sp³-hybridized carbons (Fsp3) is 0.273. The molecule has 0 unspecified atom stereocenters. The Morgan fingerprint density at radius 3 is 2.92 bits per heavy atom. The van der Waals surface area contributed by atoms with Crippen molar-refractivity contribution >= 4 is 12.2 Å². The molecule has 0 aliphatic heterocycles. The predicted molar refractivity (Wildman–Crippen MR) is 54.9 cm³/mol. The fourth-order valence-corrected chi connectivity index (χ4v) is 1.20. The zero-order valence-electron chi connectivity index (χ0n) is 7.72. The van der Waals surface area contributed by atoms with Crippen molar-refractivity contribution in [2.75, 3.05) is 0 Å². The van der Waals surface area contributed by atoms with Crippen molar-refractivity contribution in [2.24, 2.45) is 0 Å². The molecule has 0 saturated carbocycles. The molecule has 0 radical (unpaired) electrons. The summed E-state index contributed by atoms with van der Waals surface area (Å²) < 4.78 is 0. The summed E-state index contributed by atoms with van der Waals surface area (Å²) >= 11 is 0. The summed E-state index contributed by atoms with van der Waals surface area (Å²) in [4.78, 5) is 3.20. The van der Waals surface area contributed by atoms with Gasteiger partial charge in [0, 0.05) is 17.5 Å². The molecule has 1 heteroatoms. The van der Waals surface area contributed by atoms with Crippen molar-refractivity contribution in [3.63, 3.8) is 0 Å². The van der Waals surface area contributed by atoms with E-state index in [9.17, 15) is 0 Å². The first-order chi connectivity index (χ1) is 5.79. The van der Waals surface area contributed by atoms with Crippen molar-refractivity contribution in [1.29, 1.82) is 0 Å². The molecule has 0 atom stereocenters. The zero-order valence-corrected chi connectivity index (χ0v) is 7.72. The van der Waals surface area contributed by atoms with Crippen LogP contribution < -0.4 is 0 Å². The zero-order chi connectivity index (χ0) is 8.97. The first kappa shape index (κ1) is 8.85. The molecule has 12 heavy (non-hydrogen) atoms. The van der Waals surface area contributed by atoms with E-state index in [-0.39, 0.29) is 0 Å². The van der Waals surface area contributed by atoms with E-state index in [1.54, 1.807) is 0 Å². The summed E-state index contributed by atoms with van der Waals surface area (Å²) in [6.45, 7) is 7.98. The predicted octanol–water partition coefficient (Wildman–Crippen LogP) is 3.39. The van der Waals surface area contributed by atoms with Crippen LogP contribution in [0.25, 0.3) is 12.2 Å². The highest BCUT2D eigenvalue weighted by Gasteiger charge is 1.99. The van der Waals surface area contributed by atoms with Crippen LogP contribution in [0.2, 0.25) is 0 Å². The van der Waals surface area contributed by atoms with Crippen molar-refractivity contribution in [3.05, 3.63) is 35.7 Å². The molecule has 0 bridgehead atoms. The normalized spacial score (nSPS) is 10.8. The minimum absolute atomic E-state index is 1.06. The Morgan fingerprint density at radius 1 is 1.58 bits per heavy atom. The number of aryl methyl sites for hydroxylation is 1. The molecule has 0 aromatic carbocycles. The quantitative estimate of drug-likeness (QED) is 0.699. The number of nitrogens with one attached hydrogen (secondary N) is 1. The Labute approximate surface area is 73.8 Å². The van der Waals surface area contributed by atoms with E-state index in [0.29, 0.717) is 0 Å². The van der Waals surface area contributed by atoms with E-state index in [4.69, 9.17) is 0 Å². The van der Waals surface area contributed by atoms with Gasteiger partial charge in [-0.05, 0) is 25.0 Å². The van der Waals surface area contributed by atoms with Crippen molar-refractivity contribution < 1.29 is 0 Å². The van der Waals surface area contributed by atoms with Crippen molar-refractivity contribution in [2.45, 2.75) is 20.3 Å². The molecule has 0 spiro atoms. The van der Waals surface area contributed by atoms with E-state index in [0.717, 1.165) is 12.1 Å². The highest BCUT2D eigenvalue weighted by Crippen LogP contribution is 2.15. The molecule has 0 fully saturated rings. The van der Waals surface area contributed by atoms with Gasteiger partial charge < -0.3 is 4.98 Å². The van der Waals surface area contributed by atoms with Crippen molar-refractivity contribution in [1.82, 2.24) is 4.98 Å². The lowest BCUT2D eigenvalue weighted by atomic mass is 10.1. The van der Waals surface area contributed by atoms with Gasteiger partial charge in [0.05, 0.1) is 0 Å². The van der Waals surface area contributed by atoms with Gasteiger partial charge in [0.2, 0.25) is 0 Å². The minimum Gasteiger partial charge on any atom is -0.361 e. The molecule has 0 saturated heterocycles. The Kier molecular flexibility index (Phi) is 2.92. The maximum atomic E-state index is 3.78. The molecule has 0 amide bonds. The molecular weight excluding hydrogens is 146 g/mol. The SMILES string of the molecule is C=Cc1c(C)c[nH]c1/C=C\CC. The first-order valence-corrected chi connectivity index (χ1v) is 4.26. The third-order valence-corrected chi connectivity index (χ3v) is 1.88. The molecule has 1 rings (SSSR count). The van der Waals surface area contributed by atoms with E-state index in [2.05, 4.69) is 37.6 Å². The highest BCUT2D eigenvalue weighted by atomic mass is 14.7. The summed E-state index contributed by atoms with van der Waals surface area (Å²) in [5.74, 6) is 0. The third-order valence-electron chi connectivity index (χ3n) is 1.88. The van der Waals surface area contributed by atoms with Crippen LogP contribution in [0.3, 0.4) is 0 Å². The van der Waals surface area contributed by atoms with Crippen LogP contribution in [0.1, 0.15) is 30.2 Å². The maximum Gasteiger partial charge on any atom is 0.0453 e. The Hall–Kier alpha value is -1.24. The third kappa shape index (κ3) is 1.67.